The van der Waals surface area contributed by atoms with E-state index in [1.807, 2.05) is 0 Å². The van der Waals surface area contributed by atoms with Gasteiger partial charge in [0.2, 0.25) is 0 Å². The van der Waals surface area contributed by atoms with Crippen molar-refractivity contribution in [3.05, 3.63) is 33.1 Å². The van der Waals surface area contributed by atoms with Crippen LogP contribution in [0.1, 0.15) is 18.7 Å². The van der Waals surface area contributed by atoms with Gasteiger partial charge in [0.1, 0.15) is 5.75 Å². The van der Waals surface area contributed by atoms with Gasteiger partial charge in [-0.25, -0.2) is 13.8 Å². The topological polar surface area (TPSA) is 22.1 Å². The highest BCUT2D eigenvalue weighted by atomic mass is 79.9. The number of hydrogen-bond donors (Lipinski definition) is 0. The molecule has 0 aliphatic rings. The quantitative estimate of drug-likeness (QED) is 0.626. The Morgan fingerprint density at radius 3 is 2.36 bits per heavy atom. The third-order valence-electron chi connectivity index (χ3n) is 2.84. The molecule has 0 N–H and O–H groups in total. The maximum Gasteiger partial charge on any atom is 0.304 e. The van der Waals surface area contributed by atoms with Crippen molar-refractivity contribution < 1.29 is 17.9 Å². The lowest BCUT2D eigenvalue weighted by Gasteiger charge is -2.11. The Hall–Kier alpha value is -1.08. The van der Waals surface area contributed by atoms with Gasteiger partial charge in [0, 0.05) is 10.4 Å². The third-order valence-corrected chi connectivity index (χ3v) is 4.37. The largest absolute Gasteiger partial charge is 0.454 e. The van der Waals surface area contributed by atoms with Crippen molar-refractivity contribution in [1.82, 2.24) is 4.98 Å². The molecule has 1 heterocycles. The van der Waals surface area contributed by atoms with Crippen LogP contribution in [0.3, 0.4) is 0 Å². The molecule has 1 aromatic carbocycles. The molecule has 0 aliphatic heterocycles. The summed E-state index contributed by atoms with van der Waals surface area (Å²) in [6.07, 6.45) is -4.88. The predicted molar refractivity (Wildman–Crippen MR) is 85.3 cm³/mol. The lowest BCUT2D eigenvalue weighted by atomic mass is 10.0. The first-order chi connectivity index (χ1) is 10.4. The van der Waals surface area contributed by atoms with E-state index < -0.39 is 12.8 Å². The van der Waals surface area contributed by atoms with Gasteiger partial charge in [-0.05, 0) is 52.5 Å². The number of nitrogens with zero attached hydrogens (tertiary/aromatic N) is 1. The van der Waals surface area contributed by atoms with Crippen LogP contribution in [0.15, 0.2) is 28.2 Å². The van der Waals surface area contributed by atoms with E-state index >= 15 is 0 Å². The SMILES string of the molecule is CC(C)Cc1sc(Br)nc1-c1ccc(OC(F)C(F)F)cc1. The normalized spacial score (nSPS) is 12.9. The van der Waals surface area contributed by atoms with Gasteiger partial charge in [0.05, 0.1) is 5.69 Å². The first kappa shape index (κ1) is 17.3. The van der Waals surface area contributed by atoms with Crippen LogP contribution in [0.4, 0.5) is 13.2 Å². The fourth-order valence-electron chi connectivity index (χ4n) is 1.93. The number of alkyl halides is 3. The first-order valence-corrected chi connectivity index (χ1v) is 8.32. The highest BCUT2D eigenvalue weighted by molar-refractivity contribution is 9.11. The lowest BCUT2D eigenvalue weighted by Crippen LogP contribution is -2.19. The van der Waals surface area contributed by atoms with Crippen molar-refractivity contribution in [3.8, 4) is 17.0 Å². The molecule has 22 heavy (non-hydrogen) atoms. The van der Waals surface area contributed by atoms with Crippen LogP contribution in [0, 0.1) is 5.92 Å². The second kappa shape index (κ2) is 7.46. The van der Waals surface area contributed by atoms with Crippen molar-refractivity contribution in [2.24, 2.45) is 5.92 Å². The summed E-state index contributed by atoms with van der Waals surface area (Å²) in [7, 11) is 0. The minimum absolute atomic E-state index is 0.0660. The fourth-order valence-corrected chi connectivity index (χ4v) is 3.71. The summed E-state index contributed by atoms with van der Waals surface area (Å²) in [6, 6.07) is 6.32. The van der Waals surface area contributed by atoms with Gasteiger partial charge < -0.3 is 4.74 Å². The molecule has 1 aromatic heterocycles. The van der Waals surface area contributed by atoms with Gasteiger partial charge >= 0.3 is 6.43 Å². The minimum atomic E-state index is -3.16. The van der Waals surface area contributed by atoms with Crippen LogP contribution in [0.25, 0.3) is 11.3 Å². The van der Waals surface area contributed by atoms with E-state index in [2.05, 4.69) is 39.5 Å². The molecule has 0 amide bonds. The molecule has 2 nitrogen and oxygen atoms in total. The van der Waals surface area contributed by atoms with E-state index in [0.29, 0.717) is 5.92 Å². The molecule has 0 spiro atoms. The zero-order chi connectivity index (χ0) is 16.3. The van der Waals surface area contributed by atoms with Crippen molar-refractivity contribution >= 4 is 27.3 Å². The van der Waals surface area contributed by atoms with E-state index in [4.69, 9.17) is 0 Å². The Kier molecular flexibility index (Phi) is 5.86. The second-order valence-corrected chi connectivity index (χ2v) is 7.52. The summed E-state index contributed by atoms with van der Waals surface area (Å²) in [5.74, 6) is 0.559. The number of aromatic nitrogens is 1. The predicted octanol–water partition coefficient (Wildman–Crippen LogP) is 5.71. The van der Waals surface area contributed by atoms with Crippen LogP contribution in [0.2, 0.25) is 0 Å². The molecule has 7 heteroatoms. The van der Waals surface area contributed by atoms with Crippen molar-refractivity contribution in [2.75, 3.05) is 0 Å². The van der Waals surface area contributed by atoms with Crippen LogP contribution < -0.4 is 4.74 Å². The maximum absolute atomic E-state index is 12.9. The molecule has 2 aromatic rings. The van der Waals surface area contributed by atoms with Crippen LogP contribution in [-0.4, -0.2) is 17.8 Å². The third kappa shape index (κ3) is 4.46. The number of halogens is 4. The Labute approximate surface area is 139 Å². The summed E-state index contributed by atoms with van der Waals surface area (Å²) in [4.78, 5) is 5.60. The molecule has 1 atom stereocenters. The summed E-state index contributed by atoms with van der Waals surface area (Å²) in [5.41, 5.74) is 1.69. The van der Waals surface area contributed by atoms with E-state index in [1.54, 1.807) is 23.5 Å². The Bertz CT molecular complexity index is 616. The summed E-state index contributed by atoms with van der Waals surface area (Å²) in [6.45, 7) is 4.25. The summed E-state index contributed by atoms with van der Waals surface area (Å²) >= 11 is 4.95. The fraction of sp³-hybridized carbons (Fsp3) is 0.400. The van der Waals surface area contributed by atoms with E-state index in [1.165, 1.54) is 12.1 Å². The smallest absolute Gasteiger partial charge is 0.304 e. The van der Waals surface area contributed by atoms with Crippen molar-refractivity contribution in [3.63, 3.8) is 0 Å². The first-order valence-electron chi connectivity index (χ1n) is 6.71. The Morgan fingerprint density at radius 2 is 1.82 bits per heavy atom. The highest BCUT2D eigenvalue weighted by Crippen LogP contribution is 2.33. The molecule has 0 bridgehead atoms. The number of rotatable bonds is 6. The number of ether oxygens (including phenoxy) is 1. The van der Waals surface area contributed by atoms with E-state index in [9.17, 15) is 13.2 Å². The molecule has 0 fully saturated rings. The molecule has 0 saturated heterocycles. The molecule has 0 radical (unpaired) electrons. The zero-order valence-corrected chi connectivity index (χ0v) is 14.4. The Morgan fingerprint density at radius 1 is 1.18 bits per heavy atom. The molecule has 2 rings (SSSR count). The standard InChI is InChI=1S/C15H15BrF3NOS/c1-8(2)7-11-12(20-15(16)22-11)9-3-5-10(6-4-9)21-14(19)13(17)18/h3-6,8,13-14H,7H2,1-2H3. The average Bonchev–Trinajstić information content (AvgIpc) is 2.79. The van der Waals surface area contributed by atoms with Gasteiger partial charge in [-0.15, -0.1) is 11.3 Å². The van der Waals surface area contributed by atoms with E-state index in [0.717, 1.165) is 26.5 Å². The van der Waals surface area contributed by atoms with Crippen molar-refractivity contribution in [1.29, 1.82) is 0 Å². The molecule has 120 valence electrons. The van der Waals surface area contributed by atoms with Gasteiger partial charge in [-0.1, -0.05) is 13.8 Å². The number of thiazole rings is 1. The van der Waals surface area contributed by atoms with E-state index in [-0.39, 0.29) is 5.75 Å². The molecule has 0 saturated carbocycles. The number of hydrogen-bond acceptors (Lipinski definition) is 3. The average molecular weight is 394 g/mol. The summed E-state index contributed by atoms with van der Waals surface area (Å²) < 4.78 is 42.4. The molecular weight excluding hydrogens is 379 g/mol. The molecule has 0 aliphatic carbocycles. The molecular formula is C15H15BrF3NOS. The second-order valence-electron chi connectivity index (χ2n) is 5.16. The highest BCUT2D eigenvalue weighted by Gasteiger charge is 2.21. The van der Waals surface area contributed by atoms with Gasteiger partial charge in [-0.2, -0.15) is 4.39 Å². The molecule has 1 unspecified atom stereocenters. The monoisotopic (exact) mass is 393 g/mol. The minimum Gasteiger partial charge on any atom is -0.454 e. The number of benzene rings is 1. The van der Waals surface area contributed by atoms with Gasteiger partial charge in [0.25, 0.3) is 6.36 Å². The van der Waals surface area contributed by atoms with Gasteiger partial charge in [0.15, 0.2) is 3.92 Å². The van der Waals surface area contributed by atoms with Crippen LogP contribution in [-0.2, 0) is 6.42 Å². The van der Waals surface area contributed by atoms with Gasteiger partial charge in [-0.3, -0.25) is 0 Å². The van der Waals surface area contributed by atoms with Crippen molar-refractivity contribution in [2.45, 2.75) is 33.1 Å². The zero-order valence-electron chi connectivity index (χ0n) is 12.0. The van der Waals surface area contributed by atoms with Crippen LogP contribution >= 0.6 is 27.3 Å². The summed E-state index contributed by atoms with van der Waals surface area (Å²) in [5, 5.41) is 0. The Balaban J connectivity index is 2.20. The lowest BCUT2D eigenvalue weighted by molar-refractivity contribution is -0.0668. The maximum atomic E-state index is 12.9. The van der Waals surface area contributed by atoms with Crippen LogP contribution in [0.5, 0.6) is 5.75 Å².